The van der Waals surface area contributed by atoms with E-state index >= 15 is 0 Å². The summed E-state index contributed by atoms with van der Waals surface area (Å²) < 4.78 is 1.07. The van der Waals surface area contributed by atoms with Gasteiger partial charge >= 0.3 is 5.97 Å². The number of aryl methyl sites for hydroxylation is 1. The molecule has 0 radical (unpaired) electrons. The molecule has 6 heteroatoms. The van der Waals surface area contributed by atoms with Crippen molar-refractivity contribution in [1.82, 2.24) is 4.90 Å². The molecule has 1 unspecified atom stereocenters. The average Bonchev–Trinajstić information content (AvgIpc) is 2.95. The van der Waals surface area contributed by atoms with E-state index in [0.29, 0.717) is 25.9 Å². The fourth-order valence-electron chi connectivity index (χ4n) is 2.60. The summed E-state index contributed by atoms with van der Waals surface area (Å²) in [4.78, 5) is 24.6. The number of hydrogen-bond donors (Lipinski definition) is 1. The summed E-state index contributed by atoms with van der Waals surface area (Å²) in [6.45, 7) is 0.962. The Morgan fingerprint density at radius 3 is 2.50 bits per heavy atom. The number of carbonyl (C=O) groups is 2. The van der Waals surface area contributed by atoms with Gasteiger partial charge in [0.2, 0.25) is 5.91 Å². The van der Waals surface area contributed by atoms with Crippen LogP contribution in [0.5, 0.6) is 0 Å². The molecule has 0 bridgehead atoms. The number of amides is 1. The standard InChI is InChI=1S/C16H20BrNO3.ClH/c17-14-7-5-12(6-8-14)3-1-2-4-15(19)18-10-9-13(11-18)16(20)21;/h5-8,13H,1-4,9-11H2,(H,20,21);1H. The van der Waals surface area contributed by atoms with Crippen LogP contribution in [0, 0.1) is 5.92 Å². The predicted octanol–water partition coefficient (Wildman–Crippen LogP) is 3.52. The Hall–Kier alpha value is -1.07. The van der Waals surface area contributed by atoms with E-state index in [1.54, 1.807) is 4.90 Å². The summed E-state index contributed by atoms with van der Waals surface area (Å²) >= 11 is 3.41. The zero-order valence-electron chi connectivity index (χ0n) is 12.3. The molecule has 22 heavy (non-hydrogen) atoms. The number of likely N-dealkylation sites (tertiary alicyclic amines) is 1. The minimum absolute atomic E-state index is 0. The molecule has 1 N–H and O–H groups in total. The van der Waals surface area contributed by atoms with Gasteiger partial charge in [-0.15, -0.1) is 12.4 Å². The highest BCUT2D eigenvalue weighted by atomic mass is 79.9. The first-order valence-electron chi connectivity index (χ1n) is 7.31. The molecule has 2 rings (SSSR count). The second-order valence-corrected chi connectivity index (χ2v) is 6.41. The lowest BCUT2D eigenvalue weighted by Gasteiger charge is -2.15. The van der Waals surface area contributed by atoms with Crippen molar-refractivity contribution in [3.63, 3.8) is 0 Å². The molecule has 1 saturated heterocycles. The lowest BCUT2D eigenvalue weighted by atomic mass is 10.1. The molecule has 0 aromatic heterocycles. The van der Waals surface area contributed by atoms with E-state index in [1.165, 1.54) is 5.56 Å². The summed E-state index contributed by atoms with van der Waals surface area (Å²) in [5.41, 5.74) is 1.28. The second kappa shape index (κ2) is 9.16. The molecule has 1 heterocycles. The molecule has 1 aliphatic rings. The molecule has 1 aromatic carbocycles. The maximum Gasteiger partial charge on any atom is 0.308 e. The van der Waals surface area contributed by atoms with Crippen LogP contribution in [0.1, 0.15) is 31.2 Å². The number of rotatable bonds is 6. The minimum atomic E-state index is -0.791. The van der Waals surface area contributed by atoms with Crippen LogP contribution in [0.3, 0.4) is 0 Å². The number of unbranched alkanes of at least 4 members (excludes halogenated alkanes) is 1. The van der Waals surface area contributed by atoms with Crippen molar-refractivity contribution in [3.8, 4) is 0 Å². The van der Waals surface area contributed by atoms with Crippen molar-refractivity contribution >= 4 is 40.2 Å². The van der Waals surface area contributed by atoms with E-state index in [-0.39, 0.29) is 24.2 Å². The van der Waals surface area contributed by atoms with Crippen molar-refractivity contribution in [3.05, 3.63) is 34.3 Å². The highest BCUT2D eigenvalue weighted by Crippen LogP contribution is 2.18. The molecule has 1 fully saturated rings. The van der Waals surface area contributed by atoms with E-state index in [1.807, 2.05) is 12.1 Å². The van der Waals surface area contributed by atoms with Crippen LogP contribution in [0.25, 0.3) is 0 Å². The topological polar surface area (TPSA) is 57.6 Å². The van der Waals surface area contributed by atoms with Gasteiger partial charge in [-0.3, -0.25) is 9.59 Å². The lowest BCUT2D eigenvalue weighted by Crippen LogP contribution is -2.29. The van der Waals surface area contributed by atoms with Crippen LogP contribution in [-0.2, 0) is 16.0 Å². The van der Waals surface area contributed by atoms with Crippen molar-refractivity contribution in [2.75, 3.05) is 13.1 Å². The van der Waals surface area contributed by atoms with Gasteiger partial charge in [0.25, 0.3) is 0 Å². The van der Waals surface area contributed by atoms with Gasteiger partial charge in [-0.25, -0.2) is 0 Å². The fraction of sp³-hybridized carbons (Fsp3) is 0.500. The number of nitrogens with zero attached hydrogens (tertiary/aromatic N) is 1. The quantitative estimate of drug-likeness (QED) is 0.756. The minimum Gasteiger partial charge on any atom is -0.481 e. The fourth-order valence-corrected chi connectivity index (χ4v) is 2.87. The van der Waals surface area contributed by atoms with Crippen molar-refractivity contribution in [1.29, 1.82) is 0 Å². The first-order chi connectivity index (χ1) is 10.1. The Balaban J connectivity index is 0.00000242. The van der Waals surface area contributed by atoms with Gasteiger partial charge in [0.15, 0.2) is 0 Å². The first-order valence-corrected chi connectivity index (χ1v) is 8.10. The molecule has 1 aliphatic heterocycles. The number of aliphatic carboxylic acids is 1. The lowest BCUT2D eigenvalue weighted by molar-refractivity contribution is -0.141. The maximum absolute atomic E-state index is 12.0. The average molecular weight is 391 g/mol. The molecule has 1 atom stereocenters. The monoisotopic (exact) mass is 389 g/mol. The Kier molecular flexibility index (Phi) is 7.90. The van der Waals surface area contributed by atoms with Gasteiger partial charge in [0.05, 0.1) is 5.92 Å². The van der Waals surface area contributed by atoms with Gasteiger partial charge in [0, 0.05) is 24.0 Å². The summed E-state index contributed by atoms with van der Waals surface area (Å²) in [6.07, 6.45) is 3.90. The molecule has 1 aromatic rings. The zero-order chi connectivity index (χ0) is 15.2. The number of benzene rings is 1. The third-order valence-electron chi connectivity index (χ3n) is 3.91. The van der Waals surface area contributed by atoms with Crippen molar-refractivity contribution in [2.24, 2.45) is 5.92 Å². The number of carboxylic acids is 1. The van der Waals surface area contributed by atoms with Crippen LogP contribution in [-0.4, -0.2) is 35.0 Å². The van der Waals surface area contributed by atoms with E-state index in [4.69, 9.17) is 5.11 Å². The summed E-state index contributed by atoms with van der Waals surface area (Å²) in [5.74, 6) is -1.08. The van der Waals surface area contributed by atoms with E-state index in [0.717, 1.165) is 23.7 Å². The van der Waals surface area contributed by atoms with Crippen LogP contribution >= 0.6 is 28.3 Å². The molecular weight excluding hydrogens is 370 g/mol. The Morgan fingerprint density at radius 2 is 1.91 bits per heavy atom. The highest BCUT2D eigenvalue weighted by Gasteiger charge is 2.30. The summed E-state index contributed by atoms with van der Waals surface area (Å²) in [7, 11) is 0. The third kappa shape index (κ3) is 5.61. The van der Waals surface area contributed by atoms with Gasteiger partial charge in [-0.1, -0.05) is 28.1 Å². The number of carbonyl (C=O) groups excluding carboxylic acids is 1. The Bertz CT molecular complexity index is 507. The summed E-state index contributed by atoms with van der Waals surface area (Å²) in [6, 6.07) is 8.22. The number of carboxylic acid groups (broad SMARTS) is 1. The molecule has 1 amide bonds. The van der Waals surface area contributed by atoms with Gasteiger partial charge in [-0.2, -0.15) is 0 Å². The Morgan fingerprint density at radius 1 is 1.23 bits per heavy atom. The second-order valence-electron chi connectivity index (χ2n) is 5.50. The molecule has 0 spiro atoms. The highest BCUT2D eigenvalue weighted by molar-refractivity contribution is 9.10. The van der Waals surface area contributed by atoms with Crippen LogP contribution < -0.4 is 0 Å². The van der Waals surface area contributed by atoms with Crippen molar-refractivity contribution in [2.45, 2.75) is 32.1 Å². The zero-order valence-corrected chi connectivity index (χ0v) is 14.7. The van der Waals surface area contributed by atoms with Gasteiger partial charge in [-0.05, 0) is 43.4 Å². The normalized spacial score (nSPS) is 17.1. The third-order valence-corrected chi connectivity index (χ3v) is 4.44. The van der Waals surface area contributed by atoms with E-state index in [9.17, 15) is 9.59 Å². The molecule has 4 nitrogen and oxygen atoms in total. The first kappa shape index (κ1) is 19.0. The van der Waals surface area contributed by atoms with Gasteiger partial charge < -0.3 is 10.0 Å². The number of halogens is 2. The molecular formula is C16H21BrClNO3. The summed E-state index contributed by atoms with van der Waals surface area (Å²) in [5, 5.41) is 8.93. The van der Waals surface area contributed by atoms with Crippen LogP contribution in [0.2, 0.25) is 0 Å². The van der Waals surface area contributed by atoms with E-state index < -0.39 is 5.97 Å². The predicted molar refractivity (Wildman–Crippen MR) is 91.3 cm³/mol. The molecule has 0 aliphatic carbocycles. The van der Waals surface area contributed by atoms with Crippen LogP contribution in [0.15, 0.2) is 28.7 Å². The molecule has 122 valence electrons. The van der Waals surface area contributed by atoms with E-state index in [2.05, 4.69) is 28.1 Å². The van der Waals surface area contributed by atoms with Crippen molar-refractivity contribution < 1.29 is 14.7 Å². The number of hydrogen-bond acceptors (Lipinski definition) is 2. The largest absolute Gasteiger partial charge is 0.481 e. The van der Waals surface area contributed by atoms with Crippen LogP contribution in [0.4, 0.5) is 0 Å². The van der Waals surface area contributed by atoms with Gasteiger partial charge in [0.1, 0.15) is 0 Å². The SMILES string of the molecule is Cl.O=C(O)C1CCN(C(=O)CCCCc2ccc(Br)cc2)C1. The molecule has 0 saturated carbocycles. The smallest absolute Gasteiger partial charge is 0.308 e. The Labute approximate surface area is 145 Å². The maximum atomic E-state index is 12.0.